The molecule has 0 radical (unpaired) electrons. The van der Waals surface area contributed by atoms with Gasteiger partial charge in [-0.05, 0) is 35.5 Å². The van der Waals surface area contributed by atoms with Crippen molar-refractivity contribution >= 4 is 29.6 Å². The third-order valence-corrected chi connectivity index (χ3v) is 2.03. The largest absolute Gasteiger partial charge is 0.377 e. The van der Waals surface area contributed by atoms with E-state index in [0.717, 1.165) is 0 Å². The van der Waals surface area contributed by atoms with Crippen molar-refractivity contribution in [2.75, 3.05) is 0 Å². The molecule has 0 atom stereocenters. The van der Waals surface area contributed by atoms with Crippen molar-refractivity contribution in [1.29, 1.82) is 0 Å². The molecule has 0 saturated carbocycles. The molecule has 0 aliphatic heterocycles. The van der Waals surface area contributed by atoms with Crippen LogP contribution in [0.2, 0.25) is 0 Å². The molecule has 0 aliphatic carbocycles. The van der Waals surface area contributed by atoms with Gasteiger partial charge in [-0.2, -0.15) is 8.78 Å². The molecule has 0 fully saturated rings. The topological polar surface area (TPSA) is 30.0 Å². The number of aromatic nitrogens is 1. The molecule has 0 N–H and O–H groups in total. The Hall–Kier alpha value is -0.680. The molecule has 0 aromatic carbocycles. The number of alkyl halides is 3. The van der Waals surface area contributed by atoms with Gasteiger partial charge in [0.2, 0.25) is 0 Å². The quantitative estimate of drug-likeness (QED) is 0.448. The van der Waals surface area contributed by atoms with Gasteiger partial charge in [0, 0.05) is 11.8 Å². The van der Waals surface area contributed by atoms with Crippen molar-refractivity contribution in [2.24, 2.45) is 0 Å². The normalized spacial score (nSPS) is 11.3. The van der Waals surface area contributed by atoms with Gasteiger partial charge in [-0.25, -0.2) is 4.98 Å². The molecule has 1 rings (SSSR count). The molecule has 70 valence electrons. The monoisotopic (exact) mass is 223 g/mol. The highest BCUT2D eigenvalue weighted by molar-refractivity contribution is 8.01. The second-order valence-corrected chi connectivity index (χ2v) is 3.93. The average Bonchev–Trinajstić information content (AvgIpc) is 2.03. The van der Waals surface area contributed by atoms with Gasteiger partial charge in [-0.3, -0.25) is 4.79 Å². The summed E-state index contributed by atoms with van der Waals surface area (Å²) in [6.07, 6.45) is 1.79. The van der Waals surface area contributed by atoms with E-state index >= 15 is 0 Å². The van der Waals surface area contributed by atoms with Crippen LogP contribution in [0.25, 0.3) is 0 Å². The summed E-state index contributed by atoms with van der Waals surface area (Å²) in [5.74, 6) is 0. The van der Waals surface area contributed by atoms with Gasteiger partial charge in [0.25, 0.3) is 0 Å². The van der Waals surface area contributed by atoms with Crippen LogP contribution < -0.4 is 0 Å². The molecule has 0 unspecified atom stereocenters. The third-order valence-electron chi connectivity index (χ3n) is 1.12. The predicted molar refractivity (Wildman–Crippen MR) is 46.3 cm³/mol. The van der Waals surface area contributed by atoms with Crippen LogP contribution in [0.1, 0.15) is 10.4 Å². The van der Waals surface area contributed by atoms with Crippen LogP contribution in [0.3, 0.4) is 0 Å². The van der Waals surface area contributed by atoms with Crippen molar-refractivity contribution < 1.29 is 13.6 Å². The highest BCUT2D eigenvalue weighted by Crippen LogP contribution is 2.37. The SMILES string of the molecule is O=Cc1ccc(SC(F)(F)Cl)nc1. The van der Waals surface area contributed by atoms with Crippen molar-refractivity contribution in [3.63, 3.8) is 0 Å². The summed E-state index contributed by atoms with van der Waals surface area (Å²) in [6.45, 7) is 0. The molecule has 1 aromatic heterocycles. The standard InChI is InChI=1S/C7H4ClF2NOS/c8-7(9,10)13-6-2-1-5(4-12)3-11-6/h1-4H. The number of carbonyl (C=O) groups is 1. The zero-order chi connectivity index (χ0) is 9.90. The zero-order valence-electron chi connectivity index (χ0n) is 6.21. The lowest BCUT2D eigenvalue weighted by Gasteiger charge is -2.05. The zero-order valence-corrected chi connectivity index (χ0v) is 7.78. The first-order valence-electron chi connectivity index (χ1n) is 3.18. The smallest absolute Gasteiger partial charge is 0.298 e. The first-order chi connectivity index (χ1) is 6.01. The average molecular weight is 224 g/mol. The summed E-state index contributed by atoms with van der Waals surface area (Å²) in [5, 5.41) is 0.0746. The number of nitrogens with zero attached hydrogens (tertiary/aromatic N) is 1. The third kappa shape index (κ3) is 3.69. The number of rotatable bonds is 3. The van der Waals surface area contributed by atoms with Gasteiger partial charge in [-0.15, -0.1) is 0 Å². The van der Waals surface area contributed by atoms with Crippen LogP contribution in [-0.4, -0.2) is 16.0 Å². The van der Waals surface area contributed by atoms with E-state index in [1.54, 1.807) is 0 Å². The minimum absolute atomic E-state index is 0.0746. The molecule has 1 aromatic rings. The highest BCUT2D eigenvalue weighted by Gasteiger charge is 2.26. The van der Waals surface area contributed by atoms with Crippen molar-refractivity contribution in [3.05, 3.63) is 23.9 Å². The molecular formula is C7H4ClF2NOS. The summed E-state index contributed by atoms with van der Waals surface area (Å²) in [5.41, 5.74) is 0.335. The van der Waals surface area contributed by atoms with Crippen LogP contribution in [0.15, 0.2) is 23.4 Å². The summed E-state index contributed by atoms with van der Waals surface area (Å²) in [4.78, 5) is 13.8. The maximum absolute atomic E-state index is 12.2. The lowest BCUT2D eigenvalue weighted by atomic mass is 10.3. The summed E-state index contributed by atoms with van der Waals surface area (Å²) >= 11 is 4.79. The van der Waals surface area contributed by atoms with Crippen LogP contribution in [0.5, 0.6) is 0 Å². The number of halogens is 3. The number of hydrogen-bond acceptors (Lipinski definition) is 3. The van der Waals surface area contributed by atoms with Gasteiger partial charge in [-0.1, -0.05) is 0 Å². The van der Waals surface area contributed by atoms with Crippen molar-refractivity contribution in [2.45, 2.75) is 9.74 Å². The molecular weight excluding hydrogens is 220 g/mol. The van der Waals surface area contributed by atoms with E-state index in [-0.39, 0.29) is 16.8 Å². The Labute approximate surface area is 82.3 Å². The Morgan fingerprint density at radius 3 is 2.62 bits per heavy atom. The summed E-state index contributed by atoms with van der Waals surface area (Å²) < 4.78 is 21.1. The molecule has 1 heterocycles. The molecule has 0 spiro atoms. The number of hydrogen-bond donors (Lipinski definition) is 0. The van der Waals surface area contributed by atoms with Gasteiger partial charge < -0.3 is 0 Å². The first-order valence-corrected chi connectivity index (χ1v) is 4.38. The van der Waals surface area contributed by atoms with E-state index in [1.165, 1.54) is 18.3 Å². The van der Waals surface area contributed by atoms with Crippen molar-refractivity contribution in [3.8, 4) is 0 Å². The van der Waals surface area contributed by atoms with Gasteiger partial charge in [0.15, 0.2) is 6.29 Å². The minimum Gasteiger partial charge on any atom is -0.298 e. The van der Waals surface area contributed by atoms with Crippen LogP contribution in [-0.2, 0) is 0 Å². The number of carbonyl (C=O) groups excluding carboxylic acids is 1. The highest BCUT2D eigenvalue weighted by atomic mass is 35.5. The lowest BCUT2D eigenvalue weighted by molar-refractivity contribution is 0.112. The van der Waals surface area contributed by atoms with E-state index in [2.05, 4.69) is 16.6 Å². The summed E-state index contributed by atoms with van der Waals surface area (Å²) in [7, 11) is 0. The second kappa shape index (κ2) is 4.02. The molecule has 0 bridgehead atoms. The molecule has 6 heteroatoms. The maximum atomic E-state index is 12.2. The maximum Gasteiger partial charge on any atom is 0.377 e. The second-order valence-electron chi connectivity index (χ2n) is 2.10. The molecule has 0 aliphatic rings. The van der Waals surface area contributed by atoms with E-state index in [9.17, 15) is 13.6 Å². The number of aldehydes is 1. The lowest BCUT2D eigenvalue weighted by Crippen LogP contribution is -1.98. The Balaban J connectivity index is 2.75. The summed E-state index contributed by atoms with van der Waals surface area (Å²) in [6, 6.07) is 2.70. The Morgan fingerprint density at radius 1 is 1.54 bits per heavy atom. The van der Waals surface area contributed by atoms with Gasteiger partial charge >= 0.3 is 4.71 Å². The number of thioether (sulfide) groups is 1. The van der Waals surface area contributed by atoms with Crippen LogP contribution in [0.4, 0.5) is 8.78 Å². The fourth-order valence-corrected chi connectivity index (χ4v) is 1.36. The van der Waals surface area contributed by atoms with Gasteiger partial charge in [0.05, 0.1) is 0 Å². The predicted octanol–water partition coefficient (Wildman–Crippen LogP) is 2.78. The molecule has 0 amide bonds. The Kier molecular flexibility index (Phi) is 3.22. The Bertz CT molecular complexity index is 298. The molecule has 13 heavy (non-hydrogen) atoms. The van der Waals surface area contributed by atoms with Crippen LogP contribution >= 0.6 is 23.4 Å². The van der Waals surface area contributed by atoms with Gasteiger partial charge in [0.1, 0.15) is 5.03 Å². The Morgan fingerprint density at radius 2 is 2.23 bits per heavy atom. The molecule has 2 nitrogen and oxygen atoms in total. The minimum atomic E-state index is -3.37. The van der Waals surface area contributed by atoms with E-state index in [4.69, 9.17) is 0 Å². The van der Waals surface area contributed by atoms with Crippen LogP contribution in [0, 0.1) is 0 Å². The van der Waals surface area contributed by atoms with E-state index in [0.29, 0.717) is 11.8 Å². The van der Waals surface area contributed by atoms with Crippen molar-refractivity contribution in [1.82, 2.24) is 4.98 Å². The van der Waals surface area contributed by atoms with E-state index in [1.807, 2.05) is 0 Å². The molecule has 0 saturated heterocycles. The fraction of sp³-hybridized carbons (Fsp3) is 0.143. The van der Waals surface area contributed by atoms with E-state index < -0.39 is 4.71 Å². The fourth-order valence-electron chi connectivity index (χ4n) is 0.640. The first kappa shape index (κ1) is 10.4. The number of pyridine rings is 1.